The standard InChI is InChI=1S/C28H35NO3/c1-4-14-32-26(31)28(21-8-6-5-7-9-21)17-22(28)18-29-13-12-27(3)19(2)25(29)15-20-10-11-23(30)16-24(20)27/h5-11,16,19,22,25,30H,4,12-15,17-18H2,1-3H3/t19-,22?,25+,27+,28-/m0/s1. The number of ether oxygens (including phenoxy) is 1. The SMILES string of the molecule is CCCOC(=O)[C@]1(c2ccccc2)CC1CN1CC[C@@]2(C)c3cc(O)ccc3C[C@@H]1[C@@H]2C. The molecule has 2 bridgehead atoms. The van der Waals surface area contributed by atoms with E-state index < -0.39 is 5.41 Å². The summed E-state index contributed by atoms with van der Waals surface area (Å²) in [5.41, 5.74) is 3.40. The van der Waals surface area contributed by atoms with Crippen molar-refractivity contribution in [2.24, 2.45) is 11.8 Å². The van der Waals surface area contributed by atoms with E-state index in [2.05, 4.69) is 36.9 Å². The predicted molar refractivity (Wildman–Crippen MR) is 126 cm³/mol. The summed E-state index contributed by atoms with van der Waals surface area (Å²) in [6.07, 6.45) is 3.81. The highest BCUT2D eigenvalue weighted by Gasteiger charge is 2.63. The zero-order valence-corrected chi connectivity index (χ0v) is 19.5. The summed E-state index contributed by atoms with van der Waals surface area (Å²) in [7, 11) is 0. The van der Waals surface area contributed by atoms with Crippen LogP contribution in [0.3, 0.4) is 0 Å². The Morgan fingerprint density at radius 1 is 1.22 bits per heavy atom. The van der Waals surface area contributed by atoms with E-state index >= 15 is 0 Å². The van der Waals surface area contributed by atoms with Gasteiger partial charge in [0.05, 0.1) is 12.0 Å². The monoisotopic (exact) mass is 433 g/mol. The number of carbonyl (C=O) groups is 1. The maximum absolute atomic E-state index is 13.2. The topological polar surface area (TPSA) is 49.8 Å². The number of phenols is 1. The Morgan fingerprint density at radius 2 is 2.00 bits per heavy atom. The van der Waals surface area contributed by atoms with Gasteiger partial charge in [-0.15, -0.1) is 0 Å². The number of rotatable bonds is 6. The van der Waals surface area contributed by atoms with Gasteiger partial charge in [-0.1, -0.05) is 57.2 Å². The van der Waals surface area contributed by atoms with E-state index in [1.54, 1.807) is 0 Å². The fourth-order valence-corrected chi connectivity index (χ4v) is 6.54. The van der Waals surface area contributed by atoms with Gasteiger partial charge in [-0.25, -0.2) is 0 Å². The molecule has 0 amide bonds. The fraction of sp³-hybridized carbons (Fsp3) is 0.536. The molecule has 170 valence electrons. The van der Waals surface area contributed by atoms with E-state index in [9.17, 15) is 9.90 Å². The molecule has 0 spiro atoms. The van der Waals surface area contributed by atoms with Gasteiger partial charge in [0, 0.05) is 12.6 Å². The van der Waals surface area contributed by atoms with Crippen molar-refractivity contribution in [3.63, 3.8) is 0 Å². The Labute approximate surface area is 191 Å². The molecular weight excluding hydrogens is 398 g/mol. The third-order valence-corrected chi connectivity index (χ3v) is 8.76. The molecule has 2 aliphatic carbocycles. The van der Waals surface area contributed by atoms with Crippen molar-refractivity contribution in [2.75, 3.05) is 19.7 Å². The van der Waals surface area contributed by atoms with E-state index in [-0.39, 0.29) is 11.4 Å². The normalized spacial score (nSPS) is 33.4. The van der Waals surface area contributed by atoms with Crippen LogP contribution in [0.1, 0.15) is 56.7 Å². The minimum absolute atomic E-state index is 0.0464. The van der Waals surface area contributed by atoms with Gasteiger partial charge in [0.1, 0.15) is 5.75 Å². The number of esters is 1. The largest absolute Gasteiger partial charge is 0.508 e. The zero-order chi connectivity index (χ0) is 22.5. The van der Waals surface area contributed by atoms with Crippen molar-refractivity contribution >= 4 is 5.97 Å². The molecule has 2 aromatic carbocycles. The lowest BCUT2D eigenvalue weighted by atomic mass is 9.59. The quantitative estimate of drug-likeness (QED) is 0.663. The van der Waals surface area contributed by atoms with Crippen LogP contribution in [0.4, 0.5) is 0 Å². The van der Waals surface area contributed by atoms with E-state index in [1.165, 1.54) is 11.1 Å². The fourth-order valence-electron chi connectivity index (χ4n) is 6.54. The molecule has 4 heteroatoms. The summed E-state index contributed by atoms with van der Waals surface area (Å²) in [6, 6.07) is 16.6. The van der Waals surface area contributed by atoms with Crippen LogP contribution in [0.25, 0.3) is 0 Å². The number of likely N-dealkylation sites (tertiary alicyclic amines) is 1. The smallest absolute Gasteiger partial charge is 0.316 e. The minimum atomic E-state index is -0.487. The van der Waals surface area contributed by atoms with Crippen LogP contribution < -0.4 is 0 Å². The highest BCUT2D eigenvalue weighted by molar-refractivity contribution is 5.87. The summed E-state index contributed by atoms with van der Waals surface area (Å²) in [5, 5.41) is 10.1. The lowest BCUT2D eigenvalue weighted by Crippen LogP contribution is -2.58. The summed E-state index contributed by atoms with van der Waals surface area (Å²) in [4.78, 5) is 15.8. The molecule has 1 heterocycles. The Hall–Kier alpha value is -2.33. The molecule has 1 saturated heterocycles. The van der Waals surface area contributed by atoms with Crippen molar-refractivity contribution in [3.05, 3.63) is 65.2 Å². The molecule has 32 heavy (non-hydrogen) atoms. The third-order valence-electron chi connectivity index (χ3n) is 8.76. The second-order valence-corrected chi connectivity index (χ2v) is 10.4. The Kier molecular flexibility index (Phi) is 5.32. The molecule has 0 radical (unpaired) electrons. The number of phenolic OH excluding ortho intramolecular Hbond substituents is 1. The lowest BCUT2D eigenvalue weighted by molar-refractivity contribution is -0.147. The van der Waals surface area contributed by atoms with Crippen LogP contribution in [-0.2, 0) is 26.8 Å². The van der Waals surface area contributed by atoms with Crippen LogP contribution in [0.5, 0.6) is 5.75 Å². The molecule has 1 aliphatic heterocycles. The molecule has 1 unspecified atom stereocenters. The molecule has 2 fully saturated rings. The number of piperidine rings is 1. The molecule has 2 aromatic rings. The number of fused-ring (bicyclic) bond motifs is 4. The highest BCUT2D eigenvalue weighted by atomic mass is 16.5. The van der Waals surface area contributed by atoms with Gasteiger partial charge in [0.2, 0.25) is 0 Å². The van der Waals surface area contributed by atoms with Gasteiger partial charge in [0.15, 0.2) is 0 Å². The number of hydrogen-bond donors (Lipinski definition) is 1. The molecule has 1 N–H and O–H groups in total. The first-order valence-corrected chi connectivity index (χ1v) is 12.2. The van der Waals surface area contributed by atoms with E-state index in [4.69, 9.17) is 4.74 Å². The van der Waals surface area contributed by atoms with Crippen LogP contribution in [-0.4, -0.2) is 41.7 Å². The molecule has 1 saturated carbocycles. The Bertz CT molecular complexity index is 1000. The molecule has 5 atom stereocenters. The van der Waals surface area contributed by atoms with Crippen molar-refractivity contribution < 1.29 is 14.6 Å². The van der Waals surface area contributed by atoms with E-state index in [1.807, 2.05) is 37.3 Å². The van der Waals surface area contributed by atoms with Gasteiger partial charge in [-0.2, -0.15) is 0 Å². The first-order valence-electron chi connectivity index (χ1n) is 12.2. The summed E-state index contributed by atoms with van der Waals surface area (Å²) in [5.74, 6) is 1.12. The number of aromatic hydroxyl groups is 1. The number of benzene rings is 2. The van der Waals surface area contributed by atoms with Crippen LogP contribution in [0.2, 0.25) is 0 Å². The maximum Gasteiger partial charge on any atom is 0.316 e. The first kappa shape index (κ1) is 21.5. The summed E-state index contributed by atoms with van der Waals surface area (Å²) >= 11 is 0. The zero-order valence-electron chi connectivity index (χ0n) is 19.5. The number of carbonyl (C=O) groups excluding carboxylic acids is 1. The van der Waals surface area contributed by atoms with Crippen molar-refractivity contribution in [3.8, 4) is 5.75 Å². The van der Waals surface area contributed by atoms with Crippen LogP contribution in [0, 0.1) is 11.8 Å². The average Bonchev–Trinajstić information content (AvgIpc) is 3.53. The second kappa shape index (κ2) is 7.91. The highest BCUT2D eigenvalue weighted by Crippen LogP contribution is 2.57. The average molecular weight is 434 g/mol. The molecule has 0 aromatic heterocycles. The lowest BCUT2D eigenvalue weighted by Gasteiger charge is -2.55. The van der Waals surface area contributed by atoms with Gasteiger partial charge in [-0.05, 0) is 78.3 Å². The van der Waals surface area contributed by atoms with Crippen molar-refractivity contribution in [1.82, 2.24) is 4.90 Å². The molecule has 3 aliphatic rings. The summed E-state index contributed by atoms with van der Waals surface area (Å²) in [6.45, 7) is 9.25. The minimum Gasteiger partial charge on any atom is -0.508 e. The van der Waals surface area contributed by atoms with Crippen LogP contribution in [0.15, 0.2) is 48.5 Å². The van der Waals surface area contributed by atoms with Gasteiger partial charge in [-0.3, -0.25) is 9.69 Å². The van der Waals surface area contributed by atoms with Gasteiger partial charge < -0.3 is 9.84 Å². The Balaban J connectivity index is 1.39. The van der Waals surface area contributed by atoms with Crippen molar-refractivity contribution in [2.45, 2.75) is 63.3 Å². The first-order chi connectivity index (χ1) is 15.4. The van der Waals surface area contributed by atoms with Crippen LogP contribution >= 0.6 is 0 Å². The van der Waals surface area contributed by atoms with Gasteiger partial charge in [0.25, 0.3) is 0 Å². The number of nitrogens with zero attached hydrogens (tertiary/aromatic N) is 1. The maximum atomic E-state index is 13.2. The predicted octanol–water partition coefficient (Wildman–Crippen LogP) is 4.83. The Morgan fingerprint density at radius 3 is 2.75 bits per heavy atom. The van der Waals surface area contributed by atoms with Gasteiger partial charge >= 0.3 is 5.97 Å². The third kappa shape index (κ3) is 3.26. The number of hydrogen-bond acceptors (Lipinski definition) is 4. The summed E-state index contributed by atoms with van der Waals surface area (Å²) < 4.78 is 5.69. The molecule has 4 nitrogen and oxygen atoms in total. The molecule has 5 rings (SSSR count). The van der Waals surface area contributed by atoms with E-state index in [0.717, 1.165) is 44.3 Å². The second-order valence-electron chi connectivity index (χ2n) is 10.4. The molecular formula is C28H35NO3. The van der Waals surface area contributed by atoms with Crippen molar-refractivity contribution in [1.29, 1.82) is 0 Å². The van der Waals surface area contributed by atoms with E-state index in [0.29, 0.717) is 30.2 Å².